The summed E-state index contributed by atoms with van der Waals surface area (Å²) in [5.41, 5.74) is 5.20. The topological polar surface area (TPSA) is 114 Å². The molecular weight excluding hydrogens is 620 g/mol. The van der Waals surface area contributed by atoms with E-state index < -0.39 is 54.4 Å². The average molecular weight is 660 g/mol. The Labute approximate surface area is 260 Å². The van der Waals surface area contributed by atoms with Gasteiger partial charge >= 0.3 is 23.9 Å². The first-order valence-electron chi connectivity index (χ1n) is 14.6. The molecule has 9 nitrogen and oxygen atoms in total. The number of halogens is 1. The molecule has 0 aromatic heterocycles. The molecule has 0 spiro atoms. The molecule has 0 bridgehead atoms. The minimum absolute atomic E-state index is 0.224. The number of esters is 4. The molecule has 2 aromatic rings. The van der Waals surface area contributed by atoms with Crippen molar-refractivity contribution in [1.82, 2.24) is 0 Å². The van der Waals surface area contributed by atoms with Gasteiger partial charge in [-0.15, -0.1) is 0 Å². The van der Waals surface area contributed by atoms with E-state index in [0.717, 1.165) is 17.3 Å². The first-order chi connectivity index (χ1) is 20.4. The molecule has 0 N–H and O–H groups in total. The fourth-order valence-corrected chi connectivity index (χ4v) is 6.75. The van der Waals surface area contributed by atoms with Crippen molar-refractivity contribution in [1.29, 1.82) is 0 Å². The van der Waals surface area contributed by atoms with Gasteiger partial charge < -0.3 is 23.7 Å². The Kier molecular flexibility index (Phi) is 11.0. The quantitative estimate of drug-likeness (QED) is 0.242. The maximum atomic E-state index is 12.2. The maximum absolute atomic E-state index is 12.2. The van der Waals surface area contributed by atoms with Crippen LogP contribution in [0.4, 0.5) is 0 Å². The lowest BCUT2D eigenvalue weighted by molar-refractivity contribution is -0.253. The van der Waals surface area contributed by atoms with E-state index in [4.69, 9.17) is 23.7 Å². The minimum Gasteiger partial charge on any atom is -0.463 e. The molecule has 1 aliphatic carbocycles. The number of carbonyl (C=O) groups is 4. The molecule has 1 aliphatic heterocycles. The second-order valence-corrected chi connectivity index (χ2v) is 12.3. The standard InChI is InChI=1S/C33H39BrO9/c1-18-7-6-8-27-24(16-25(30(18)27)15-23-9-12-26(34)13-10-23)11-14-28-31(40-20(3)36)33(42-22(5)38)32(41-21(4)37)29(43-28)17-39-19(2)35/h6-10,12-13,24-25,28-29,31-33H,11,14-17H2,1-5H3/t24?,25?,28-,29+,31-,32+,33+/m0/s1. The lowest BCUT2D eigenvalue weighted by atomic mass is 9.88. The van der Waals surface area contributed by atoms with Crippen LogP contribution < -0.4 is 0 Å². The van der Waals surface area contributed by atoms with Crippen molar-refractivity contribution in [3.05, 3.63) is 69.2 Å². The third-order valence-electron chi connectivity index (χ3n) is 8.06. The van der Waals surface area contributed by atoms with Crippen LogP contribution in [0.15, 0.2) is 46.9 Å². The van der Waals surface area contributed by atoms with Crippen molar-refractivity contribution in [2.24, 2.45) is 0 Å². The number of fused-ring (bicyclic) bond motifs is 1. The van der Waals surface area contributed by atoms with Crippen molar-refractivity contribution in [3.63, 3.8) is 0 Å². The molecule has 0 radical (unpaired) electrons. The molecule has 1 fully saturated rings. The summed E-state index contributed by atoms with van der Waals surface area (Å²) in [5, 5.41) is 0. The molecule has 1 saturated heterocycles. The zero-order chi connectivity index (χ0) is 31.3. The molecule has 0 amide bonds. The third-order valence-corrected chi connectivity index (χ3v) is 8.59. The number of carbonyl (C=O) groups excluding carboxylic acids is 4. The molecule has 2 aliphatic rings. The summed E-state index contributed by atoms with van der Waals surface area (Å²) in [6.07, 6.45) is -1.93. The van der Waals surface area contributed by atoms with Gasteiger partial charge in [-0.3, -0.25) is 19.2 Å². The Balaban J connectivity index is 1.60. The summed E-state index contributed by atoms with van der Waals surface area (Å²) in [7, 11) is 0. The van der Waals surface area contributed by atoms with E-state index in [-0.39, 0.29) is 12.5 Å². The van der Waals surface area contributed by atoms with E-state index >= 15 is 0 Å². The lowest BCUT2D eigenvalue weighted by Gasteiger charge is -2.44. The number of rotatable bonds is 10. The summed E-state index contributed by atoms with van der Waals surface area (Å²) in [5.74, 6) is -1.84. The van der Waals surface area contributed by atoms with Gasteiger partial charge in [-0.1, -0.05) is 46.3 Å². The number of hydrogen-bond donors (Lipinski definition) is 0. The summed E-state index contributed by atoms with van der Waals surface area (Å²) in [6, 6.07) is 14.8. The van der Waals surface area contributed by atoms with E-state index in [1.807, 2.05) is 0 Å². The van der Waals surface area contributed by atoms with Crippen molar-refractivity contribution in [2.75, 3.05) is 6.61 Å². The largest absolute Gasteiger partial charge is 0.463 e. The highest BCUT2D eigenvalue weighted by atomic mass is 79.9. The van der Waals surface area contributed by atoms with E-state index in [1.165, 1.54) is 49.9 Å². The first-order valence-corrected chi connectivity index (χ1v) is 15.4. The van der Waals surface area contributed by atoms with Crippen LogP contribution in [-0.4, -0.2) is 61.0 Å². The molecule has 43 heavy (non-hydrogen) atoms. The van der Waals surface area contributed by atoms with E-state index in [1.54, 1.807) is 0 Å². The lowest BCUT2D eigenvalue weighted by Crippen LogP contribution is -2.62. The smallest absolute Gasteiger partial charge is 0.303 e. The molecule has 0 saturated carbocycles. The van der Waals surface area contributed by atoms with Crippen LogP contribution in [0.25, 0.3) is 0 Å². The Morgan fingerprint density at radius 2 is 1.37 bits per heavy atom. The fourth-order valence-electron chi connectivity index (χ4n) is 6.48. The molecule has 2 unspecified atom stereocenters. The molecule has 1 heterocycles. The van der Waals surface area contributed by atoms with Gasteiger partial charge in [0.25, 0.3) is 0 Å². The average Bonchev–Trinajstić information content (AvgIpc) is 3.28. The Morgan fingerprint density at radius 1 is 0.767 bits per heavy atom. The van der Waals surface area contributed by atoms with Crippen LogP contribution in [0, 0.1) is 6.92 Å². The van der Waals surface area contributed by atoms with E-state index in [2.05, 4.69) is 65.3 Å². The number of ether oxygens (including phenoxy) is 5. The summed E-state index contributed by atoms with van der Waals surface area (Å²) in [4.78, 5) is 48.0. The van der Waals surface area contributed by atoms with Crippen molar-refractivity contribution >= 4 is 39.8 Å². The predicted octanol–water partition coefficient (Wildman–Crippen LogP) is 5.48. The highest BCUT2D eigenvalue weighted by Crippen LogP contribution is 2.47. The summed E-state index contributed by atoms with van der Waals surface area (Å²) >= 11 is 3.52. The Morgan fingerprint density at radius 3 is 1.98 bits per heavy atom. The highest BCUT2D eigenvalue weighted by Gasteiger charge is 2.52. The summed E-state index contributed by atoms with van der Waals surface area (Å²) < 4.78 is 29.4. The van der Waals surface area contributed by atoms with Gasteiger partial charge in [-0.25, -0.2) is 0 Å². The number of aryl methyl sites for hydroxylation is 1. The Hall–Kier alpha value is -3.24. The van der Waals surface area contributed by atoms with Gasteiger partial charge in [0.2, 0.25) is 0 Å². The van der Waals surface area contributed by atoms with Crippen molar-refractivity contribution < 1.29 is 42.9 Å². The molecule has 232 valence electrons. The van der Waals surface area contributed by atoms with Crippen LogP contribution in [0.1, 0.15) is 81.0 Å². The van der Waals surface area contributed by atoms with Crippen LogP contribution in [0.5, 0.6) is 0 Å². The predicted molar refractivity (Wildman–Crippen MR) is 160 cm³/mol. The maximum Gasteiger partial charge on any atom is 0.303 e. The zero-order valence-electron chi connectivity index (χ0n) is 25.2. The minimum atomic E-state index is -1.15. The molecule has 2 aromatic carbocycles. The summed E-state index contributed by atoms with van der Waals surface area (Å²) in [6.45, 7) is 6.88. The molecule has 10 heteroatoms. The molecule has 4 rings (SSSR count). The van der Waals surface area contributed by atoms with Crippen molar-refractivity contribution in [3.8, 4) is 0 Å². The fraction of sp³-hybridized carbons (Fsp3) is 0.515. The van der Waals surface area contributed by atoms with Crippen LogP contribution in [0.2, 0.25) is 0 Å². The van der Waals surface area contributed by atoms with Gasteiger partial charge in [-0.05, 0) is 78.8 Å². The number of hydrogen-bond acceptors (Lipinski definition) is 9. The first kappa shape index (κ1) is 32.7. The van der Waals surface area contributed by atoms with Crippen LogP contribution in [-0.2, 0) is 49.3 Å². The van der Waals surface area contributed by atoms with Gasteiger partial charge in [0, 0.05) is 32.2 Å². The Bertz CT molecular complexity index is 1320. The number of benzene rings is 2. The van der Waals surface area contributed by atoms with Gasteiger partial charge in [0.1, 0.15) is 12.7 Å². The van der Waals surface area contributed by atoms with E-state index in [9.17, 15) is 19.2 Å². The van der Waals surface area contributed by atoms with Crippen molar-refractivity contribution in [2.45, 2.75) is 103 Å². The van der Waals surface area contributed by atoms with Gasteiger partial charge in [-0.2, -0.15) is 0 Å². The van der Waals surface area contributed by atoms with Gasteiger partial charge in [0.05, 0.1) is 6.10 Å². The second-order valence-electron chi connectivity index (χ2n) is 11.4. The van der Waals surface area contributed by atoms with Crippen LogP contribution in [0.3, 0.4) is 0 Å². The highest BCUT2D eigenvalue weighted by molar-refractivity contribution is 9.10. The van der Waals surface area contributed by atoms with E-state index in [0.29, 0.717) is 18.8 Å². The zero-order valence-corrected chi connectivity index (χ0v) is 26.8. The molecular formula is C33H39BrO9. The SMILES string of the molecule is CC(=O)OC[C@H]1O[C@@H](CCC2CC(Cc3ccc(Br)cc3)c3c(C)cccc32)[C@H](OC(C)=O)[C@@H](OC(C)=O)[C@@H]1OC(C)=O. The third kappa shape index (κ3) is 8.44. The second kappa shape index (κ2) is 14.5. The monoisotopic (exact) mass is 658 g/mol. The van der Waals surface area contributed by atoms with Crippen LogP contribution >= 0.6 is 15.9 Å². The molecule has 7 atom stereocenters. The normalized spacial score (nSPS) is 26.2. The van der Waals surface area contributed by atoms with Gasteiger partial charge in [0.15, 0.2) is 18.3 Å².